The second-order valence-corrected chi connectivity index (χ2v) is 8.19. The number of ether oxygens (including phenoxy) is 2. The number of aliphatic carboxylic acids is 1. The maximum atomic E-state index is 11.9. The van der Waals surface area contributed by atoms with Crippen LogP contribution in [0.3, 0.4) is 0 Å². The standard InChI is InChI=1S/C25H32N2O5/c1-18(16-27-23(24(28)29)21-13-14-21)32-22-12-6-5-10-20(22)11-7-15-26-25(30)31-17-19-8-3-2-4-9-19/h2-6,8-10,12,18,21,23,27H,7,11,13-17H2,1H3,(H,26,30)(H,28,29)/t18-,23+/m1/s1. The van der Waals surface area contributed by atoms with Gasteiger partial charge in [-0.15, -0.1) is 0 Å². The van der Waals surface area contributed by atoms with E-state index in [2.05, 4.69) is 10.6 Å². The lowest BCUT2D eigenvalue weighted by Crippen LogP contribution is -2.43. The number of alkyl carbamates (subject to hydrolysis) is 1. The van der Waals surface area contributed by atoms with Gasteiger partial charge < -0.3 is 25.2 Å². The van der Waals surface area contributed by atoms with E-state index in [1.54, 1.807) is 0 Å². The molecule has 2 aromatic carbocycles. The van der Waals surface area contributed by atoms with Gasteiger partial charge in [-0.25, -0.2) is 4.79 Å². The number of carbonyl (C=O) groups excluding carboxylic acids is 1. The fraction of sp³-hybridized carbons (Fsp3) is 0.440. The SMILES string of the molecule is C[C@H](CN[C@H](C(=O)O)C1CC1)Oc1ccccc1CCCNC(=O)OCc1ccccc1. The Labute approximate surface area is 189 Å². The monoisotopic (exact) mass is 440 g/mol. The van der Waals surface area contributed by atoms with Gasteiger partial charge in [-0.1, -0.05) is 48.5 Å². The van der Waals surface area contributed by atoms with E-state index in [-0.39, 0.29) is 18.6 Å². The van der Waals surface area contributed by atoms with Crippen molar-refractivity contribution in [2.45, 2.75) is 51.4 Å². The summed E-state index contributed by atoms with van der Waals surface area (Å²) in [5, 5.41) is 15.2. The summed E-state index contributed by atoms with van der Waals surface area (Å²) in [4.78, 5) is 23.2. The van der Waals surface area contributed by atoms with Crippen molar-refractivity contribution in [2.24, 2.45) is 5.92 Å². The highest BCUT2D eigenvalue weighted by atomic mass is 16.5. The second kappa shape index (κ2) is 12.1. The molecule has 0 aliphatic heterocycles. The Hall–Kier alpha value is -3.06. The first kappa shape index (κ1) is 23.6. The Bertz CT molecular complexity index is 870. The normalized spacial score (nSPS) is 14.9. The van der Waals surface area contributed by atoms with E-state index in [0.717, 1.165) is 42.6 Å². The number of benzene rings is 2. The lowest BCUT2D eigenvalue weighted by molar-refractivity contribution is -0.140. The smallest absolute Gasteiger partial charge is 0.407 e. The van der Waals surface area contributed by atoms with Crippen molar-refractivity contribution < 1.29 is 24.2 Å². The van der Waals surface area contributed by atoms with Gasteiger partial charge in [0.25, 0.3) is 0 Å². The van der Waals surface area contributed by atoms with Crippen LogP contribution >= 0.6 is 0 Å². The van der Waals surface area contributed by atoms with Crippen LogP contribution in [0.5, 0.6) is 5.75 Å². The maximum absolute atomic E-state index is 11.9. The topological polar surface area (TPSA) is 96.9 Å². The number of rotatable bonds is 13. The summed E-state index contributed by atoms with van der Waals surface area (Å²) in [5.41, 5.74) is 2.00. The molecule has 0 heterocycles. The lowest BCUT2D eigenvalue weighted by Gasteiger charge is -2.20. The summed E-state index contributed by atoms with van der Waals surface area (Å²) in [5.74, 6) is 0.223. The number of hydrogen-bond acceptors (Lipinski definition) is 5. The Kier molecular flexibility index (Phi) is 8.92. The molecule has 2 aromatic rings. The largest absolute Gasteiger partial charge is 0.489 e. The van der Waals surface area contributed by atoms with Crippen molar-refractivity contribution in [1.29, 1.82) is 0 Å². The van der Waals surface area contributed by atoms with Gasteiger partial charge >= 0.3 is 12.1 Å². The highest BCUT2D eigenvalue weighted by Crippen LogP contribution is 2.32. The van der Waals surface area contributed by atoms with Crippen LogP contribution in [0.2, 0.25) is 0 Å². The van der Waals surface area contributed by atoms with Crippen LogP contribution in [0.25, 0.3) is 0 Å². The van der Waals surface area contributed by atoms with E-state index in [4.69, 9.17) is 9.47 Å². The molecule has 1 aliphatic rings. The highest BCUT2D eigenvalue weighted by molar-refractivity contribution is 5.74. The average Bonchev–Trinajstić information content (AvgIpc) is 3.62. The van der Waals surface area contributed by atoms with Crippen LogP contribution in [0.4, 0.5) is 4.79 Å². The van der Waals surface area contributed by atoms with E-state index in [9.17, 15) is 14.7 Å². The molecule has 0 aromatic heterocycles. The fourth-order valence-electron chi connectivity index (χ4n) is 3.51. The molecule has 0 radical (unpaired) electrons. The number of carbonyl (C=O) groups is 2. The second-order valence-electron chi connectivity index (χ2n) is 8.19. The van der Waals surface area contributed by atoms with Gasteiger partial charge in [0.2, 0.25) is 0 Å². The summed E-state index contributed by atoms with van der Waals surface area (Å²) >= 11 is 0. The minimum Gasteiger partial charge on any atom is -0.489 e. The molecule has 0 unspecified atom stereocenters. The van der Waals surface area contributed by atoms with Crippen LogP contribution in [0.15, 0.2) is 54.6 Å². The van der Waals surface area contributed by atoms with Crippen LogP contribution in [-0.4, -0.2) is 42.4 Å². The Morgan fingerprint density at radius 3 is 2.53 bits per heavy atom. The van der Waals surface area contributed by atoms with Crippen molar-refractivity contribution in [3.8, 4) is 5.75 Å². The number of para-hydroxylation sites is 1. The van der Waals surface area contributed by atoms with Gasteiger partial charge in [-0.3, -0.25) is 4.79 Å². The molecule has 0 spiro atoms. The van der Waals surface area contributed by atoms with Crippen LogP contribution in [0.1, 0.15) is 37.3 Å². The predicted octanol–water partition coefficient (Wildman–Crippen LogP) is 3.77. The third-order valence-electron chi connectivity index (χ3n) is 5.39. The van der Waals surface area contributed by atoms with Gasteiger partial charge in [0.15, 0.2) is 0 Å². The molecule has 3 N–H and O–H groups in total. The van der Waals surface area contributed by atoms with Gasteiger partial charge in [0.1, 0.15) is 24.5 Å². The van der Waals surface area contributed by atoms with Gasteiger partial charge in [0, 0.05) is 13.1 Å². The Morgan fingerprint density at radius 1 is 1.09 bits per heavy atom. The quantitative estimate of drug-likeness (QED) is 0.410. The summed E-state index contributed by atoms with van der Waals surface area (Å²) in [7, 11) is 0. The van der Waals surface area contributed by atoms with E-state index in [1.807, 2.05) is 61.5 Å². The number of nitrogens with one attached hydrogen (secondary N) is 2. The van der Waals surface area contributed by atoms with Gasteiger partial charge in [0.05, 0.1) is 0 Å². The van der Waals surface area contributed by atoms with E-state index in [0.29, 0.717) is 13.1 Å². The van der Waals surface area contributed by atoms with E-state index in [1.165, 1.54) is 0 Å². The Morgan fingerprint density at radius 2 is 1.81 bits per heavy atom. The molecule has 7 heteroatoms. The number of hydrogen-bond donors (Lipinski definition) is 3. The molecule has 0 saturated heterocycles. The molecule has 172 valence electrons. The van der Waals surface area contributed by atoms with Gasteiger partial charge in [-0.2, -0.15) is 0 Å². The number of carboxylic acids is 1. The number of carboxylic acid groups (broad SMARTS) is 1. The summed E-state index contributed by atoms with van der Waals surface area (Å²) in [6.45, 7) is 3.15. The van der Waals surface area contributed by atoms with Crippen molar-refractivity contribution in [2.75, 3.05) is 13.1 Å². The van der Waals surface area contributed by atoms with Gasteiger partial charge in [-0.05, 0) is 55.7 Å². The molecule has 7 nitrogen and oxygen atoms in total. The molecular weight excluding hydrogens is 408 g/mol. The third kappa shape index (κ3) is 7.89. The highest BCUT2D eigenvalue weighted by Gasteiger charge is 2.36. The first-order chi connectivity index (χ1) is 15.5. The summed E-state index contributed by atoms with van der Waals surface area (Å²) < 4.78 is 11.3. The zero-order valence-electron chi connectivity index (χ0n) is 18.5. The number of aryl methyl sites for hydroxylation is 1. The summed E-state index contributed by atoms with van der Waals surface area (Å²) in [6.07, 6.45) is 2.83. The van der Waals surface area contributed by atoms with E-state index >= 15 is 0 Å². The predicted molar refractivity (Wildman–Crippen MR) is 122 cm³/mol. The molecule has 0 bridgehead atoms. The third-order valence-corrected chi connectivity index (χ3v) is 5.39. The average molecular weight is 441 g/mol. The molecule has 1 aliphatic carbocycles. The van der Waals surface area contributed by atoms with Crippen LogP contribution < -0.4 is 15.4 Å². The molecular formula is C25H32N2O5. The first-order valence-corrected chi connectivity index (χ1v) is 11.2. The lowest BCUT2D eigenvalue weighted by atomic mass is 10.1. The maximum Gasteiger partial charge on any atom is 0.407 e. The molecule has 1 fully saturated rings. The fourth-order valence-corrected chi connectivity index (χ4v) is 3.51. The molecule has 3 rings (SSSR count). The van der Waals surface area contributed by atoms with Crippen molar-refractivity contribution >= 4 is 12.1 Å². The minimum absolute atomic E-state index is 0.164. The van der Waals surface area contributed by atoms with Crippen molar-refractivity contribution in [3.63, 3.8) is 0 Å². The zero-order chi connectivity index (χ0) is 22.8. The van der Waals surface area contributed by atoms with Crippen LogP contribution in [0, 0.1) is 5.92 Å². The van der Waals surface area contributed by atoms with Crippen molar-refractivity contribution in [3.05, 3.63) is 65.7 Å². The van der Waals surface area contributed by atoms with Crippen molar-refractivity contribution in [1.82, 2.24) is 10.6 Å². The molecule has 2 atom stereocenters. The molecule has 1 saturated carbocycles. The first-order valence-electron chi connectivity index (χ1n) is 11.2. The Balaban J connectivity index is 1.37. The number of amides is 1. The molecule has 32 heavy (non-hydrogen) atoms. The van der Waals surface area contributed by atoms with Crippen LogP contribution in [-0.2, 0) is 22.6 Å². The minimum atomic E-state index is -0.796. The molecule has 1 amide bonds. The summed E-state index contributed by atoms with van der Waals surface area (Å²) in [6, 6.07) is 16.9. The van der Waals surface area contributed by atoms with E-state index < -0.39 is 18.1 Å². The zero-order valence-corrected chi connectivity index (χ0v) is 18.5.